The topological polar surface area (TPSA) is 65.0 Å². The number of ether oxygens (including phenoxy) is 1. The summed E-state index contributed by atoms with van der Waals surface area (Å²) in [6.45, 7) is 6.49. The van der Waals surface area contributed by atoms with Gasteiger partial charge in [-0.05, 0) is 25.0 Å². The summed E-state index contributed by atoms with van der Waals surface area (Å²) < 4.78 is 7.82. The van der Waals surface area contributed by atoms with Crippen LogP contribution in [0.1, 0.15) is 31.7 Å². The van der Waals surface area contributed by atoms with Gasteiger partial charge in [0, 0.05) is 6.07 Å². The molecule has 7 nitrogen and oxygen atoms in total. The van der Waals surface area contributed by atoms with Gasteiger partial charge < -0.3 is 19.9 Å². The number of anilines is 1. The Morgan fingerprint density at radius 3 is 2.55 bits per heavy atom. The molecule has 7 heteroatoms. The van der Waals surface area contributed by atoms with Crippen molar-refractivity contribution < 1.29 is 19.3 Å². The van der Waals surface area contributed by atoms with Crippen molar-refractivity contribution in [2.75, 3.05) is 51.2 Å². The van der Waals surface area contributed by atoms with Crippen LogP contribution in [-0.2, 0) is 4.79 Å². The maximum absolute atomic E-state index is 12.6. The Morgan fingerprint density at radius 1 is 1.07 bits per heavy atom. The van der Waals surface area contributed by atoms with Crippen molar-refractivity contribution in [3.8, 4) is 5.75 Å². The fourth-order valence-electron chi connectivity index (χ4n) is 4.48. The number of benzene rings is 1. The average molecular weight is 400 g/mol. The Balaban J connectivity index is 1.16. The van der Waals surface area contributed by atoms with Gasteiger partial charge >= 0.3 is 0 Å². The second-order valence-corrected chi connectivity index (χ2v) is 8.24. The van der Waals surface area contributed by atoms with Gasteiger partial charge in [-0.2, -0.15) is 5.10 Å². The van der Waals surface area contributed by atoms with E-state index in [1.807, 2.05) is 41.1 Å². The van der Waals surface area contributed by atoms with Crippen molar-refractivity contribution in [3.05, 3.63) is 42.6 Å². The van der Waals surface area contributed by atoms with Crippen LogP contribution in [0.15, 0.2) is 42.6 Å². The van der Waals surface area contributed by atoms with Gasteiger partial charge in [0.2, 0.25) is 0 Å². The first-order valence-corrected chi connectivity index (χ1v) is 11.0. The Hall–Kier alpha value is -2.38. The number of quaternary nitrogens is 2. The molecule has 1 aliphatic carbocycles. The first kappa shape index (κ1) is 19.9. The van der Waals surface area contributed by atoms with Gasteiger partial charge in [-0.1, -0.05) is 31.0 Å². The molecule has 0 atom stereocenters. The highest BCUT2D eigenvalue weighted by molar-refractivity contribution is 5.90. The summed E-state index contributed by atoms with van der Waals surface area (Å²) in [4.78, 5) is 15.5. The summed E-state index contributed by atoms with van der Waals surface area (Å²) >= 11 is 0. The van der Waals surface area contributed by atoms with E-state index >= 15 is 0 Å². The third-order valence-electron chi connectivity index (χ3n) is 6.15. The molecule has 0 unspecified atom stereocenters. The van der Waals surface area contributed by atoms with Crippen LogP contribution in [0.4, 0.5) is 5.82 Å². The van der Waals surface area contributed by atoms with Crippen LogP contribution in [0.25, 0.3) is 0 Å². The van der Waals surface area contributed by atoms with Crippen LogP contribution >= 0.6 is 0 Å². The number of rotatable bonds is 8. The molecular formula is C22H33N5O2+2. The van der Waals surface area contributed by atoms with E-state index in [9.17, 15) is 4.79 Å². The summed E-state index contributed by atoms with van der Waals surface area (Å²) in [5.41, 5.74) is 0. The Labute approximate surface area is 172 Å². The minimum absolute atomic E-state index is 0.0932. The molecule has 3 N–H and O–H groups in total. The first-order chi connectivity index (χ1) is 14.3. The quantitative estimate of drug-likeness (QED) is 0.576. The van der Waals surface area contributed by atoms with E-state index in [4.69, 9.17) is 4.74 Å². The lowest BCUT2D eigenvalue weighted by molar-refractivity contribution is -1.01. The number of carbonyl (C=O) groups is 1. The predicted molar refractivity (Wildman–Crippen MR) is 111 cm³/mol. The summed E-state index contributed by atoms with van der Waals surface area (Å²) in [6, 6.07) is 12.3. The highest BCUT2D eigenvalue weighted by atomic mass is 16.5. The summed E-state index contributed by atoms with van der Waals surface area (Å²) in [6.07, 6.45) is 6.62. The van der Waals surface area contributed by atoms with Crippen LogP contribution in [0.3, 0.4) is 0 Å². The zero-order chi connectivity index (χ0) is 19.9. The summed E-state index contributed by atoms with van der Waals surface area (Å²) in [5.74, 6) is 1.88. The standard InChI is InChI=1S/C22H31N5O2/c28-22(24-21-10-11-23-27(21)19-6-4-5-7-19)18-26-14-12-25(13-15-26)16-17-29-20-8-2-1-3-9-20/h1-3,8-11,19H,4-7,12-18H2,(H,24,28)/p+2. The number of hydrogen-bond acceptors (Lipinski definition) is 3. The molecule has 1 aromatic heterocycles. The van der Waals surface area contributed by atoms with Crippen LogP contribution in [-0.4, -0.2) is 61.6 Å². The van der Waals surface area contributed by atoms with Gasteiger partial charge in [0.1, 0.15) is 50.9 Å². The largest absolute Gasteiger partial charge is 0.488 e. The number of hydrogen-bond donors (Lipinski definition) is 3. The Kier molecular flexibility index (Phi) is 6.79. The van der Waals surface area contributed by atoms with Crippen LogP contribution in [0.5, 0.6) is 5.75 Å². The van der Waals surface area contributed by atoms with Crippen molar-refractivity contribution in [2.45, 2.75) is 31.7 Å². The minimum atomic E-state index is 0.0932. The van der Waals surface area contributed by atoms with Crippen molar-refractivity contribution in [2.24, 2.45) is 0 Å². The van der Waals surface area contributed by atoms with Gasteiger partial charge in [-0.15, -0.1) is 0 Å². The van der Waals surface area contributed by atoms with Gasteiger partial charge in [-0.3, -0.25) is 4.79 Å². The molecule has 2 aromatic rings. The summed E-state index contributed by atoms with van der Waals surface area (Å²) in [5, 5.41) is 7.53. The molecule has 1 aromatic carbocycles. The maximum Gasteiger partial charge on any atom is 0.280 e. The molecule has 1 saturated carbocycles. The third-order valence-corrected chi connectivity index (χ3v) is 6.15. The highest BCUT2D eigenvalue weighted by Crippen LogP contribution is 2.31. The van der Waals surface area contributed by atoms with E-state index < -0.39 is 0 Å². The SMILES string of the molecule is O=C(C[NH+]1CC[NH+](CCOc2ccccc2)CC1)Nc1ccnn1C1CCCC1. The number of nitrogens with zero attached hydrogens (tertiary/aromatic N) is 2. The molecule has 4 rings (SSSR count). The van der Waals surface area contributed by atoms with E-state index in [0.29, 0.717) is 12.6 Å². The van der Waals surface area contributed by atoms with E-state index in [0.717, 1.165) is 63.7 Å². The smallest absolute Gasteiger partial charge is 0.280 e. The molecule has 1 amide bonds. The lowest BCUT2D eigenvalue weighted by Crippen LogP contribution is -3.28. The highest BCUT2D eigenvalue weighted by Gasteiger charge is 2.26. The van der Waals surface area contributed by atoms with Crippen LogP contribution < -0.4 is 19.9 Å². The molecule has 1 aliphatic heterocycles. The maximum atomic E-state index is 12.6. The Morgan fingerprint density at radius 2 is 1.79 bits per heavy atom. The molecule has 0 bridgehead atoms. The van der Waals surface area contributed by atoms with Crippen molar-refractivity contribution >= 4 is 11.7 Å². The van der Waals surface area contributed by atoms with Gasteiger partial charge in [-0.25, -0.2) is 4.68 Å². The van der Waals surface area contributed by atoms with Gasteiger partial charge in [0.25, 0.3) is 5.91 Å². The van der Waals surface area contributed by atoms with Crippen LogP contribution in [0, 0.1) is 0 Å². The zero-order valence-corrected chi connectivity index (χ0v) is 17.1. The van der Waals surface area contributed by atoms with Crippen molar-refractivity contribution in [1.82, 2.24) is 9.78 Å². The minimum Gasteiger partial charge on any atom is -0.488 e. The van der Waals surface area contributed by atoms with Gasteiger partial charge in [0.05, 0.1) is 12.2 Å². The molecule has 156 valence electrons. The van der Waals surface area contributed by atoms with E-state index in [-0.39, 0.29) is 5.91 Å². The number of nitrogens with one attached hydrogen (secondary N) is 3. The van der Waals surface area contributed by atoms with Crippen molar-refractivity contribution in [1.29, 1.82) is 0 Å². The summed E-state index contributed by atoms with van der Waals surface area (Å²) in [7, 11) is 0. The molecule has 2 heterocycles. The fourth-order valence-corrected chi connectivity index (χ4v) is 4.48. The molecule has 29 heavy (non-hydrogen) atoms. The lowest BCUT2D eigenvalue weighted by Gasteiger charge is -2.29. The van der Waals surface area contributed by atoms with Crippen LogP contribution in [0.2, 0.25) is 0 Å². The molecule has 0 spiro atoms. The second kappa shape index (κ2) is 9.89. The number of carbonyl (C=O) groups excluding carboxylic acids is 1. The normalized spacial score (nSPS) is 22.5. The van der Waals surface area contributed by atoms with Gasteiger partial charge in [0.15, 0.2) is 6.54 Å². The molecule has 2 aliphatic rings. The average Bonchev–Trinajstić information content (AvgIpc) is 3.42. The Bertz CT molecular complexity index is 765. The molecule has 2 fully saturated rings. The van der Waals surface area contributed by atoms with E-state index in [1.165, 1.54) is 17.7 Å². The monoisotopic (exact) mass is 399 g/mol. The zero-order valence-electron chi connectivity index (χ0n) is 17.1. The number of aromatic nitrogens is 2. The predicted octanol–water partition coefficient (Wildman–Crippen LogP) is -0.201. The fraction of sp³-hybridized carbons (Fsp3) is 0.545. The third kappa shape index (κ3) is 5.58. The number of amides is 1. The molecule has 1 saturated heterocycles. The lowest BCUT2D eigenvalue weighted by atomic mass is 10.2. The second-order valence-electron chi connectivity index (χ2n) is 8.24. The molecular weight excluding hydrogens is 366 g/mol. The number of para-hydroxylation sites is 1. The molecule has 0 radical (unpaired) electrons. The first-order valence-electron chi connectivity index (χ1n) is 11.0. The van der Waals surface area contributed by atoms with E-state index in [2.05, 4.69) is 10.4 Å². The van der Waals surface area contributed by atoms with E-state index in [1.54, 1.807) is 11.1 Å². The van der Waals surface area contributed by atoms with Crippen molar-refractivity contribution in [3.63, 3.8) is 0 Å². The number of piperazine rings is 1.